The van der Waals surface area contributed by atoms with Crippen LogP contribution in [0.5, 0.6) is 17.2 Å². The number of nitrogens with one attached hydrogen (secondary N) is 1. The summed E-state index contributed by atoms with van der Waals surface area (Å²) in [6.45, 7) is 1.25. The molecule has 0 aromatic heterocycles. The van der Waals surface area contributed by atoms with Gasteiger partial charge in [0.15, 0.2) is 6.61 Å². The van der Waals surface area contributed by atoms with Gasteiger partial charge in [-0.2, -0.15) is 10.4 Å². The van der Waals surface area contributed by atoms with Gasteiger partial charge in [0.25, 0.3) is 5.91 Å². The maximum atomic E-state index is 11.8. The highest BCUT2D eigenvalue weighted by Crippen LogP contribution is 2.22. The zero-order valence-electron chi connectivity index (χ0n) is 12.9. The van der Waals surface area contributed by atoms with E-state index in [4.69, 9.17) is 10.00 Å². The van der Waals surface area contributed by atoms with Gasteiger partial charge in [0, 0.05) is 5.56 Å². The molecule has 0 fully saturated rings. The number of hydrogen-bond donors (Lipinski definition) is 3. The van der Waals surface area contributed by atoms with E-state index in [1.54, 1.807) is 31.2 Å². The first-order valence-corrected chi connectivity index (χ1v) is 6.98. The fraction of sp³-hybridized carbons (Fsp3) is 0.118. The number of hydrogen-bond acceptors (Lipinski definition) is 6. The molecule has 0 unspecified atom stereocenters. The fourth-order valence-corrected chi connectivity index (χ4v) is 1.88. The maximum absolute atomic E-state index is 11.8. The van der Waals surface area contributed by atoms with Gasteiger partial charge in [0.05, 0.1) is 11.3 Å². The molecule has 0 aliphatic carbocycles. The van der Waals surface area contributed by atoms with E-state index < -0.39 is 5.91 Å². The third-order valence-corrected chi connectivity index (χ3v) is 3.08. The Labute approximate surface area is 138 Å². The van der Waals surface area contributed by atoms with Gasteiger partial charge in [-0.3, -0.25) is 4.79 Å². The van der Waals surface area contributed by atoms with Crippen molar-refractivity contribution in [3.8, 4) is 23.3 Å². The van der Waals surface area contributed by atoms with Crippen LogP contribution in [-0.4, -0.2) is 28.4 Å². The van der Waals surface area contributed by atoms with E-state index >= 15 is 0 Å². The van der Waals surface area contributed by atoms with Crippen LogP contribution in [0.25, 0.3) is 0 Å². The number of phenols is 2. The molecular formula is C17H15N3O4. The summed E-state index contributed by atoms with van der Waals surface area (Å²) in [6, 6.07) is 12.5. The van der Waals surface area contributed by atoms with Crippen molar-refractivity contribution in [2.24, 2.45) is 5.10 Å². The van der Waals surface area contributed by atoms with Crippen molar-refractivity contribution in [2.75, 3.05) is 6.61 Å². The predicted octanol–water partition coefficient (Wildman–Crippen LogP) is 1.89. The summed E-state index contributed by atoms with van der Waals surface area (Å²) in [4.78, 5) is 11.8. The predicted molar refractivity (Wildman–Crippen MR) is 86.8 cm³/mol. The normalized spacial score (nSPS) is 10.8. The Morgan fingerprint density at radius 3 is 2.79 bits per heavy atom. The number of para-hydroxylation sites is 1. The molecule has 2 rings (SSSR count). The van der Waals surface area contributed by atoms with Gasteiger partial charge < -0.3 is 14.9 Å². The third kappa shape index (κ3) is 4.24. The number of nitrogens with zero attached hydrogens (tertiary/aromatic N) is 2. The highest BCUT2D eigenvalue weighted by molar-refractivity contribution is 6.01. The lowest BCUT2D eigenvalue weighted by molar-refractivity contribution is -0.123. The molecule has 0 heterocycles. The van der Waals surface area contributed by atoms with Crippen LogP contribution in [0.1, 0.15) is 18.1 Å². The van der Waals surface area contributed by atoms with Crippen molar-refractivity contribution in [2.45, 2.75) is 6.92 Å². The largest absolute Gasteiger partial charge is 0.508 e. The lowest BCUT2D eigenvalue weighted by Gasteiger charge is -2.08. The first-order chi connectivity index (χ1) is 11.5. The van der Waals surface area contributed by atoms with Crippen LogP contribution >= 0.6 is 0 Å². The second-order valence-electron chi connectivity index (χ2n) is 4.83. The number of hydrazone groups is 1. The van der Waals surface area contributed by atoms with Crippen LogP contribution in [0, 0.1) is 11.3 Å². The maximum Gasteiger partial charge on any atom is 0.277 e. The molecule has 0 spiro atoms. The van der Waals surface area contributed by atoms with Crippen molar-refractivity contribution in [3.05, 3.63) is 53.6 Å². The quantitative estimate of drug-likeness (QED) is 0.441. The van der Waals surface area contributed by atoms with Crippen molar-refractivity contribution in [3.63, 3.8) is 0 Å². The second-order valence-corrected chi connectivity index (χ2v) is 4.83. The first-order valence-electron chi connectivity index (χ1n) is 6.98. The molecule has 3 N–H and O–H groups in total. The van der Waals surface area contributed by atoms with Crippen LogP contribution in [0.3, 0.4) is 0 Å². The van der Waals surface area contributed by atoms with Crippen LogP contribution in [-0.2, 0) is 4.79 Å². The summed E-state index contributed by atoms with van der Waals surface area (Å²) >= 11 is 0. The lowest BCUT2D eigenvalue weighted by atomic mass is 10.1. The fourth-order valence-electron chi connectivity index (χ4n) is 1.88. The summed E-state index contributed by atoms with van der Waals surface area (Å²) in [6.07, 6.45) is 0. The van der Waals surface area contributed by atoms with Crippen molar-refractivity contribution >= 4 is 11.6 Å². The Morgan fingerprint density at radius 1 is 1.29 bits per heavy atom. The monoisotopic (exact) mass is 325 g/mol. The standard InChI is InChI=1S/C17H15N3O4/c1-11(14-8-13(21)6-7-15(14)22)19-20-17(23)10-24-16-5-3-2-4-12(16)9-18/h2-8,21-22H,10H2,1H3,(H,20,23). The molecule has 7 heteroatoms. The molecule has 0 radical (unpaired) electrons. The number of nitriles is 1. The topological polar surface area (TPSA) is 115 Å². The molecule has 7 nitrogen and oxygen atoms in total. The molecule has 2 aromatic rings. The SMILES string of the molecule is CC(=NNC(=O)COc1ccccc1C#N)c1cc(O)ccc1O. The molecule has 24 heavy (non-hydrogen) atoms. The summed E-state index contributed by atoms with van der Waals surface area (Å²) < 4.78 is 5.28. The number of carbonyl (C=O) groups is 1. The Morgan fingerprint density at radius 2 is 2.04 bits per heavy atom. The van der Waals surface area contributed by atoms with Gasteiger partial charge in [-0.1, -0.05) is 12.1 Å². The average molecular weight is 325 g/mol. The molecule has 2 aromatic carbocycles. The van der Waals surface area contributed by atoms with Gasteiger partial charge in [-0.15, -0.1) is 0 Å². The molecule has 1 amide bonds. The average Bonchev–Trinajstić information content (AvgIpc) is 2.60. The smallest absolute Gasteiger partial charge is 0.277 e. The summed E-state index contributed by atoms with van der Waals surface area (Å²) in [7, 11) is 0. The van der Waals surface area contributed by atoms with Gasteiger partial charge in [-0.25, -0.2) is 5.43 Å². The molecular weight excluding hydrogens is 310 g/mol. The number of ether oxygens (including phenoxy) is 1. The lowest BCUT2D eigenvalue weighted by Crippen LogP contribution is -2.25. The van der Waals surface area contributed by atoms with E-state index in [0.29, 0.717) is 22.6 Å². The summed E-state index contributed by atoms with van der Waals surface area (Å²) in [5.74, 6) is -0.314. The Bertz CT molecular complexity index is 825. The highest BCUT2D eigenvalue weighted by Gasteiger charge is 2.08. The van der Waals surface area contributed by atoms with Crippen LogP contribution in [0.4, 0.5) is 0 Å². The van der Waals surface area contributed by atoms with Gasteiger partial charge in [-0.05, 0) is 37.3 Å². The van der Waals surface area contributed by atoms with Crippen molar-refractivity contribution < 1.29 is 19.7 Å². The second kappa shape index (κ2) is 7.65. The van der Waals surface area contributed by atoms with E-state index in [1.165, 1.54) is 18.2 Å². The van der Waals surface area contributed by atoms with Crippen LogP contribution < -0.4 is 10.2 Å². The molecule has 0 saturated carbocycles. The molecule has 122 valence electrons. The number of carbonyl (C=O) groups excluding carboxylic acids is 1. The Kier molecular flexibility index (Phi) is 5.36. The summed E-state index contributed by atoms with van der Waals surface area (Å²) in [5, 5.41) is 31.9. The van der Waals surface area contributed by atoms with E-state index in [2.05, 4.69) is 10.5 Å². The van der Waals surface area contributed by atoms with E-state index in [0.717, 1.165) is 0 Å². The zero-order valence-corrected chi connectivity index (χ0v) is 12.9. The van der Waals surface area contributed by atoms with E-state index in [1.807, 2.05) is 6.07 Å². The molecule has 0 saturated heterocycles. The van der Waals surface area contributed by atoms with Crippen LogP contribution in [0.2, 0.25) is 0 Å². The van der Waals surface area contributed by atoms with Crippen LogP contribution in [0.15, 0.2) is 47.6 Å². The Balaban J connectivity index is 1.97. The number of aromatic hydroxyl groups is 2. The number of phenolic OH excluding ortho intramolecular Hbond substituents is 2. The van der Waals surface area contributed by atoms with Crippen molar-refractivity contribution in [1.29, 1.82) is 5.26 Å². The van der Waals surface area contributed by atoms with Gasteiger partial charge >= 0.3 is 0 Å². The Hall–Kier alpha value is -3.53. The van der Waals surface area contributed by atoms with E-state index in [-0.39, 0.29) is 18.1 Å². The summed E-state index contributed by atoms with van der Waals surface area (Å²) in [5.41, 5.74) is 3.22. The zero-order chi connectivity index (χ0) is 17.5. The molecule has 0 bridgehead atoms. The minimum atomic E-state index is -0.526. The van der Waals surface area contributed by atoms with E-state index in [9.17, 15) is 15.0 Å². The molecule has 0 aliphatic rings. The first kappa shape index (κ1) is 16.8. The van der Waals surface area contributed by atoms with Gasteiger partial charge in [0.2, 0.25) is 0 Å². The van der Waals surface area contributed by atoms with Gasteiger partial charge in [0.1, 0.15) is 23.3 Å². The highest BCUT2D eigenvalue weighted by atomic mass is 16.5. The number of benzene rings is 2. The van der Waals surface area contributed by atoms with Crippen molar-refractivity contribution in [1.82, 2.24) is 5.43 Å². The minimum absolute atomic E-state index is 0.0277. The number of amides is 1. The molecule has 0 atom stereocenters. The minimum Gasteiger partial charge on any atom is -0.508 e. The molecule has 0 aliphatic heterocycles. The number of rotatable bonds is 5. The third-order valence-electron chi connectivity index (χ3n) is 3.08.